The van der Waals surface area contributed by atoms with Crippen molar-refractivity contribution in [2.75, 3.05) is 6.61 Å². The molecule has 1 N–H and O–H groups in total. The van der Waals surface area contributed by atoms with Crippen LogP contribution in [0.2, 0.25) is 0 Å². The maximum Gasteiger partial charge on any atom is 0.387 e. The van der Waals surface area contributed by atoms with Gasteiger partial charge in [-0.1, -0.05) is 56.3 Å². The van der Waals surface area contributed by atoms with Gasteiger partial charge in [-0.25, -0.2) is 0 Å². The van der Waals surface area contributed by atoms with Gasteiger partial charge in [0.25, 0.3) is 5.91 Å². The molecule has 1 atom stereocenters. The van der Waals surface area contributed by atoms with E-state index in [1.807, 2.05) is 30.3 Å². The molecule has 0 aliphatic heterocycles. The van der Waals surface area contributed by atoms with Crippen LogP contribution < -0.4 is 10.1 Å². The first-order valence-electron chi connectivity index (χ1n) is 8.42. The number of benzene rings is 2. The summed E-state index contributed by atoms with van der Waals surface area (Å²) < 4.78 is 33.9. The standard InChI is InChI=1S/C20H21F2NO4/c1-13(2)19(25)26-12-17(24)23-18(14-6-4-3-5-7-14)15-8-10-16(11-9-15)27-20(21)22/h3-11,13,18,20H,12H2,1-2H3,(H,23,24)/t18-/m1/s1. The van der Waals surface area contributed by atoms with Crippen LogP contribution in [0.4, 0.5) is 8.78 Å². The first kappa shape index (κ1) is 20.4. The van der Waals surface area contributed by atoms with Crippen LogP contribution in [0, 0.1) is 5.92 Å². The summed E-state index contributed by atoms with van der Waals surface area (Å²) in [6.45, 7) is 0.0510. The smallest absolute Gasteiger partial charge is 0.387 e. The van der Waals surface area contributed by atoms with Crippen molar-refractivity contribution < 1.29 is 27.8 Å². The molecule has 1 amide bonds. The van der Waals surface area contributed by atoms with E-state index in [9.17, 15) is 18.4 Å². The molecule has 144 valence electrons. The van der Waals surface area contributed by atoms with Crippen LogP contribution in [0.15, 0.2) is 54.6 Å². The molecule has 0 aromatic heterocycles. The van der Waals surface area contributed by atoms with Crippen molar-refractivity contribution in [3.63, 3.8) is 0 Å². The highest BCUT2D eigenvalue weighted by atomic mass is 19.3. The zero-order valence-electron chi connectivity index (χ0n) is 15.0. The van der Waals surface area contributed by atoms with E-state index in [-0.39, 0.29) is 11.7 Å². The predicted molar refractivity (Wildman–Crippen MR) is 95.3 cm³/mol. The monoisotopic (exact) mass is 377 g/mol. The topological polar surface area (TPSA) is 64.6 Å². The number of amides is 1. The Morgan fingerprint density at radius 2 is 1.56 bits per heavy atom. The van der Waals surface area contributed by atoms with E-state index in [0.717, 1.165) is 5.56 Å². The molecule has 27 heavy (non-hydrogen) atoms. The van der Waals surface area contributed by atoms with E-state index in [2.05, 4.69) is 10.1 Å². The summed E-state index contributed by atoms with van der Waals surface area (Å²) in [6, 6.07) is 14.6. The fourth-order valence-electron chi connectivity index (χ4n) is 2.35. The zero-order chi connectivity index (χ0) is 19.8. The highest BCUT2D eigenvalue weighted by Crippen LogP contribution is 2.24. The van der Waals surface area contributed by atoms with E-state index >= 15 is 0 Å². The Morgan fingerprint density at radius 1 is 0.963 bits per heavy atom. The lowest BCUT2D eigenvalue weighted by molar-refractivity contribution is -0.151. The highest BCUT2D eigenvalue weighted by Gasteiger charge is 2.19. The number of ether oxygens (including phenoxy) is 2. The average Bonchev–Trinajstić information content (AvgIpc) is 2.65. The molecule has 0 fully saturated rings. The molecule has 0 aliphatic carbocycles. The minimum Gasteiger partial charge on any atom is -0.455 e. The molecule has 0 saturated carbocycles. The van der Waals surface area contributed by atoms with E-state index in [1.165, 1.54) is 12.1 Å². The maximum atomic E-state index is 12.3. The minimum atomic E-state index is -2.91. The number of halogens is 2. The first-order valence-corrected chi connectivity index (χ1v) is 8.42. The molecule has 0 bridgehead atoms. The number of carbonyl (C=O) groups is 2. The van der Waals surface area contributed by atoms with Crippen molar-refractivity contribution >= 4 is 11.9 Å². The van der Waals surface area contributed by atoms with E-state index in [1.54, 1.807) is 26.0 Å². The van der Waals surface area contributed by atoms with Gasteiger partial charge < -0.3 is 14.8 Å². The molecule has 7 heteroatoms. The third-order valence-electron chi connectivity index (χ3n) is 3.69. The molecule has 2 aromatic carbocycles. The van der Waals surface area contributed by atoms with Crippen LogP contribution in [0.3, 0.4) is 0 Å². The van der Waals surface area contributed by atoms with Gasteiger partial charge in [0, 0.05) is 0 Å². The van der Waals surface area contributed by atoms with Gasteiger partial charge in [0.1, 0.15) is 5.75 Å². The lowest BCUT2D eigenvalue weighted by Gasteiger charge is -2.20. The summed E-state index contributed by atoms with van der Waals surface area (Å²) >= 11 is 0. The zero-order valence-corrected chi connectivity index (χ0v) is 15.0. The molecule has 0 unspecified atom stereocenters. The van der Waals surface area contributed by atoms with Crippen molar-refractivity contribution in [1.82, 2.24) is 5.32 Å². The lowest BCUT2D eigenvalue weighted by atomic mass is 9.98. The molecule has 5 nitrogen and oxygen atoms in total. The SMILES string of the molecule is CC(C)C(=O)OCC(=O)N[C@H](c1ccccc1)c1ccc(OC(F)F)cc1. The van der Waals surface area contributed by atoms with Gasteiger partial charge in [-0.05, 0) is 23.3 Å². The number of hydrogen-bond acceptors (Lipinski definition) is 4. The van der Waals surface area contributed by atoms with Crippen LogP contribution >= 0.6 is 0 Å². The van der Waals surface area contributed by atoms with Crippen LogP contribution in [-0.4, -0.2) is 25.1 Å². The number of rotatable bonds is 8. The molecule has 2 rings (SSSR count). The normalized spacial score (nSPS) is 11.9. The van der Waals surface area contributed by atoms with Crippen molar-refractivity contribution in [1.29, 1.82) is 0 Å². The van der Waals surface area contributed by atoms with Gasteiger partial charge in [0.15, 0.2) is 6.61 Å². The fraction of sp³-hybridized carbons (Fsp3) is 0.300. The third kappa shape index (κ3) is 6.36. The Bertz CT molecular complexity index is 748. The Balaban J connectivity index is 2.15. The summed E-state index contributed by atoms with van der Waals surface area (Å²) in [5, 5.41) is 2.80. The van der Waals surface area contributed by atoms with Crippen LogP contribution in [-0.2, 0) is 14.3 Å². The number of carbonyl (C=O) groups excluding carboxylic acids is 2. The van der Waals surface area contributed by atoms with Gasteiger partial charge in [-0.2, -0.15) is 8.78 Å². The van der Waals surface area contributed by atoms with Gasteiger partial charge >= 0.3 is 12.6 Å². The Hall–Kier alpha value is -2.96. The van der Waals surface area contributed by atoms with Crippen molar-refractivity contribution in [2.45, 2.75) is 26.5 Å². The summed E-state index contributed by atoms with van der Waals surface area (Å²) in [5.74, 6) is -1.23. The molecule has 0 aliphatic rings. The van der Waals surface area contributed by atoms with Crippen molar-refractivity contribution in [3.05, 3.63) is 65.7 Å². The molecular formula is C20H21F2NO4. The molecule has 0 spiro atoms. The number of alkyl halides is 2. The second-order valence-electron chi connectivity index (χ2n) is 6.12. The highest BCUT2D eigenvalue weighted by molar-refractivity contribution is 5.81. The van der Waals surface area contributed by atoms with Crippen molar-refractivity contribution in [3.8, 4) is 5.75 Å². The number of nitrogens with one attached hydrogen (secondary N) is 1. The molecule has 0 saturated heterocycles. The van der Waals surface area contributed by atoms with Gasteiger partial charge in [0.2, 0.25) is 0 Å². The lowest BCUT2D eigenvalue weighted by Crippen LogP contribution is -2.33. The van der Waals surface area contributed by atoms with Crippen LogP contribution in [0.25, 0.3) is 0 Å². The predicted octanol–water partition coefficient (Wildman–Crippen LogP) is 3.69. The second kappa shape index (κ2) is 9.66. The minimum absolute atomic E-state index is 0.0257. The summed E-state index contributed by atoms with van der Waals surface area (Å²) in [6.07, 6.45) is 0. The maximum absolute atomic E-state index is 12.3. The van der Waals surface area contributed by atoms with Gasteiger partial charge in [0.05, 0.1) is 12.0 Å². The average molecular weight is 377 g/mol. The van der Waals surface area contributed by atoms with Crippen LogP contribution in [0.5, 0.6) is 5.75 Å². The third-order valence-corrected chi connectivity index (χ3v) is 3.69. The van der Waals surface area contributed by atoms with Gasteiger partial charge in [-0.15, -0.1) is 0 Å². The first-order chi connectivity index (χ1) is 12.9. The second-order valence-corrected chi connectivity index (χ2v) is 6.12. The van der Waals surface area contributed by atoms with E-state index in [0.29, 0.717) is 5.56 Å². The van der Waals surface area contributed by atoms with Crippen molar-refractivity contribution in [2.24, 2.45) is 5.92 Å². The summed E-state index contributed by atoms with van der Waals surface area (Å²) in [5.41, 5.74) is 1.47. The Morgan fingerprint density at radius 3 is 2.11 bits per heavy atom. The Kier molecular flexibility index (Phi) is 7.28. The van der Waals surface area contributed by atoms with E-state index < -0.39 is 31.1 Å². The Labute approximate surface area is 156 Å². The largest absolute Gasteiger partial charge is 0.455 e. The molecule has 2 aromatic rings. The molecule has 0 heterocycles. The molecule has 0 radical (unpaired) electrons. The fourth-order valence-corrected chi connectivity index (χ4v) is 2.35. The van der Waals surface area contributed by atoms with Crippen LogP contribution in [0.1, 0.15) is 31.0 Å². The van der Waals surface area contributed by atoms with Gasteiger partial charge in [-0.3, -0.25) is 9.59 Å². The quantitative estimate of drug-likeness (QED) is 0.713. The number of esters is 1. The summed E-state index contributed by atoms with van der Waals surface area (Å²) in [4.78, 5) is 23.7. The summed E-state index contributed by atoms with van der Waals surface area (Å²) in [7, 11) is 0. The van der Waals surface area contributed by atoms with E-state index in [4.69, 9.17) is 4.74 Å². The number of hydrogen-bond donors (Lipinski definition) is 1. The molecular weight excluding hydrogens is 356 g/mol.